The van der Waals surface area contributed by atoms with Gasteiger partial charge in [-0.25, -0.2) is 4.98 Å². The molecule has 5 heteroatoms. The number of fused-ring (bicyclic) bond motifs is 1. The normalized spacial score (nSPS) is 11.3. The molecule has 27 heavy (non-hydrogen) atoms. The molecule has 0 fully saturated rings. The fourth-order valence-corrected chi connectivity index (χ4v) is 3.67. The molecule has 0 spiro atoms. The van der Waals surface area contributed by atoms with Crippen LogP contribution in [0.4, 0.5) is 0 Å². The molecule has 0 amide bonds. The summed E-state index contributed by atoms with van der Waals surface area (Å²) in [6.45, 7) is 3.66. The Morgan fingerprint density at radius 2 is 2.00 bits per heavy atom. The number of benzene rings is 2. The molecule has 2 aromatic heterocycles. The van der Waals surface area contributed by atoms with Crippen LogP contribution in [0.2, 0.25) is 5.02 Å². The van der Waals surface area contributed by atoms with E-state index in [1.54, 1.807) is 0 Å². The molecule has 2 heterocycles. The van der Waals surface area contributed by atoms with Crippen molar-refractivity contribution >= 4 is 22.5 Å². The highest BCUT2D eigenvalue weighted by Crippen LogP contribution is 2.23. The van der Waals surface area contributed by atoms with Crippen molar-refractivity contribution in [1.29, 1.82) is 0 Å². The zero-order valence-corrected chi connectivity index (χ0v) is 15.9. The largest absolute Gasteiger partial charge is 0.343 e. The Balaban J connectivity index is 1.43. The van der Waals surface area contributed by atoms with Crippen LogP contribution in [-0.2, 0) is 19.6 Å². The Morgan fingerprint density at radius 3 is 2.85 bits per heavy atom. The number of halogens is 1. The van der Waals surface area contributed by atoms with Gasteiger partial charge < -0.3 is 14.5 Å². The van der Waals surface area contributed by atoms with Crippen molar-refractivity contribution in [3.05, 3.63) is 89.6 Å². The van der Waals surface area contributed by atoms with Crippen molar-refractivity contribution < 1.29 is 0 Å². The van der Waals surface area contributed by atoms with E-state index in [9.17, 15) is 0 Å². The van der Waals surface area contributed by atoms with Crippen LogP contribution in [0.15, 0.2) is 73.4 Å². The van der Waals surface area contributed by atoms with Crippen LogP contribution in [0.1, 0.15) is 17.5 Å². The molecule has 0 atom stereocenters. The van der Waals surface area contributed by atoms with Gasteiger partial charge in [0.15, 0.2) is 0 Å². The van der Waals surface area contributed by atoms with Gasteiger partial charge in [0.2, 0.25) is 0 Å². The topological polar surface area (TPSA) is 34.8 Å². The molecule has 4 rings (SSSR count). The molecule has 2 aromatic carbocycles. The second-order valence-electron chi connectivity index (χ2n) is 6.76. The van der Waals surface area contributed by atoms with Crippen molar-refractivity contribution in [3.8, 4) is 0 Å². The lowest BCUT2D eigenvalue weighted by molar-refractivity contribution is 0.581. The second-order valence-corrected chi connectivity index (χ2v) is 7.20. The summed E-state index contributed by atoms with van der Waals surface area (Å²) in [4.78, 5) is 4.08. The first-order chi connectivity index (χ1) is 13.3. The number of nitrogens with zero attached hydrogens (tertiary/aromatic N) is 3. The molecule has 0 aliphatic heterocycles. The van der Waals surface area contributed by atoms with Crippen LogP contribution < -0.4 is 5.32 Å². The summed E-state index contributed by atoms with van der Waals surface area (Å²) in [6.07, 6.45) is 9.03. The van der Waals surface area contributed by atoms with Gasteiger partial charge >= 0.3 is 0 Å². The van der Waals surface area contributed by atoms with E-state index in [0.29, 0.717) is 0 Å². The molecule has 138 valence electrons. The minimum absolute atomic E-state index is 0.781. The lowest BCUT2D eigenvalue weighted by Gasteiger charge is -2.06. The van der Waals surface area contributed by atoms with Gasteiger partial charge in [0, 0.05) is 54.2 Å². The molecule has 4 aromatic rings. The number of aryl methyl sites for hydroxylation is 1. The molecule has 0 unspecified atom stereocenters. The number of aromatic nitrogens is 3. The van der Waals surface area contributed by atoms with Gasteiger partial charge in [-0.1, -0.05) is 41.9 Å². The minimum atomic E-state index is 0.781. The highest BCUT2D eigenvalue weighted by atomic mass is 35.5. The zero-order valence-electron chi connectivity index (χ0n) is 15.2. The Morgan fingerprint density at radius 1 is 1.07 bits per heavy atom. The van der Waals surface area contributed by atoms with Crippen LogP contribution in [0.25, 0.3) is 10.9 Å². The van der Waals surface area contributed by atoms with Gasteiger partial charge in [-0.2, -0.15) is 0 Å². The van der Waals surface area contributed by atoms with E-state index < -0.39 is 0 Å². The molecule has 0 saturated carbocycles. The van der Waals surface area contributed by atoms with Crippen molar-refractivity contribution in [2.75, 3.05) is 6.54 Å². The molecule has 1 N–H and O–H groups in total. The van der Waals surface area contributed by atoms with E-state index >= 15 is 0 Å². The molecule has 0 aliphatic carbocycles. The summed E-state index contributed by atoms with van der Waals surface area (Å²) in [7, 11) is 0. The first kappa shape index (κ1) is 17.8. The number of nitrogens with one attached hydrogen (secondary N) is 1. The SMILES string of the molecule is Clc1cccc(Cn2cc(CNCCCn3ccnc3)c3ccccc32)c1. The summed E-state index contributed by atoms with van der Waals surface area (Å²) < 4.78 is 4.42. The van der Waals surface area contributed by atoms with Gasteiger partial charge in [0.25, 0.3) is 0 Å². The highest BCUT2D eigenvalue weighted by molar-refractivity contribution is 6.30. The first-order valence-corrected chi connectivity index (χ1v) is 9.65. The monoisotopic (exact) mass is 378 g/mol. The Labute approximate surface area is 164 Å². The number of hydrogen-bond acceptors (Lipinski definition) is 2. The van der Waals surface area contributed by atoms with Gasteiger partial charge in [-0.3, -0.25) is 0 Å². The van der Waals surface area contributed by atoms with Crippen LogP contribution in [0.3, 0.4) is 0 Å². The summed E-state index contributed by atoms with van der Waals surface area (Å²) in [5, 5.41) is 5.66. The lowest BCUT2D eigenvalue weighted by atomic mass is 10.2. The molecule has 0 bridgehead atoms. The lowest BCUT2D eigenvalue weighted by Crippen LogP contribution is -2.16. The number of hydrogen-bond donors (Lipinski definition) is 1. The summed E-state index contributed by atoms with van der Waals surface area (Å²) in [5.41, 5.74) is 3.80. The van der Waals surface area contributed by atoms with Gasteiger partial charge in [0.05, 0.1) is 6.33 Å². The fraction of sp³-hybridized carbons (Fsp3) is 0.227. The standard InChI is InChI=1S/C22H23ClN4/c23-20-6-3-5-18(13-20)15-27-16-19(21-7-1-2-8-22(21)27)14-24-9-4-11-26-12-10-25-17-26/h1-3,5-8,10,12-13,16-17,24H,4,9,11,14-15H2. The van der Waals surface area contributed by atoms with Crippen LogP contribution in [-0.4, -0.2) is 20.7 Å². The average molecular weight is 379 g/mol. The van der Waals surface area contributed by atoms with Gasteiger partial charge in [0.1, 0.15) is 0 Å². The second kappa shape index (κ2) is 8.42. The smallest absolute Gasteiger partial charge is 0.0945 e. The summed E-state index contributed by atoms with van der Waals surface area (Å²) in [5.74, 6) is 0. The quantitative estimate of drug-likeness (QED) is 0.450. The van der Waals surface area contributed by atoms with E-state index in [1.807, 2.05) is 36.9 Å². The maximum absolute atomic E-state index is 6.14. The zero-order chi connectivity index (χ0) is 18.5. The Bertz CT molecular complexity index is 1000. The van der Waals surface area contributed by atoms with E-state index in [-0.39, 0.29) is 0 Å². The van der Waals surface area contributed by atoms with E-state index in [4.69, 9.17) is 11.6 Å². The van der Waals surface area contributed by atoms with E-state index in [1.165, 1.54) is 22.0 Å². The predicted molar refractivity (Wildman–Crippen MR) is 111 cm³/mol. The summed E-state index contributed by atoms with van der Waals surface area (Å²) in [6, 6.07) is 16.7. The van der Waals surface area contributed by atoms with Crippen molar-refractivity contribution in [2.24, 2.45) is 0 Å². The van der Waals surface area contributed by atoms with Crippen molar-refractivity contribution in [3.63, 3.8) is 0 Å². The molecular formula is C22H23ClN4. The molecule has 0 saturated heterocycles. The molecule has 4 nitrogen and oxygen atoms in total. The van der Waals surface area contributed by atoms with E-state index in [2.05, 4.69) is 56.0 Å². The average Bonchev–Trinajstić information content (AvgIpc) is 3.31. The maximum Gasteiger partial charge on any atom is 0.0945 e. The number of rotatable bonds is 8. The minimum Gasteiger partial charge on any atom is -0.343 e. The van der Waals surface area contributed by atoms with Crippen LogP contribution in [0, 0.1) is 0 Å². The highest BCUT2D eigenvalue weighted by Gasteiger charge is 2.08. The number of para-hydroxylation sites is 1. The fourth-order valence-electron chi connectivity index (χ4n) is 3.46. The van der Waals surface area contributed by atoms with Crippen molar-refractivity contribution in [2.45, 2.75) is 26.1 Å². The first-order valence-electron chi connectivity index (χ1n) is 9.27. The van der Waals surface area contributed by atoms with Crippen LogP contribution >= 0.6 is 11.6 Å². The molecule has 0 aliphatic rings. The molecule has 0 radical (unpaired) electrons. The maximum atomic E-state index is 6.14. The third-order valence-corrected chi connectivity index (χ3v) is 4.99. The van der Waals surface area contributed by atoms with Gasteiger partial charge in [-0.05, 0) is 42.3 Å². The summed E-state index contributed by atoms with van der Waals surface area (Å²) >= 11 is 6.14. The third kappa shape index (κ3) is 4.41. The Kier molecular flexibility index (Phi) is 5.56. The molecular weight excluding hydrogens is 356 g/mol. The van der Waals surface area contributed by atoms with E-state index in [0.717, 1.165) is 37.6 Å². The van der Waals surface area contributed by atoms with Gasteiger partial charge in [-0.15, -0.1) is 0 Å². The van der Waals surface area contributed by atoms with Crippen LogP contribution in [0.5, 0.6) is 0 Å². The Hall–Kier alpha value is -2.56. The van der Waals surface area contributed by atoms with Crippen molar-refractivity contribution in [1.82, 2.24) is 19.4 Å². The predicted octanol–water partition coefficient (Wildman–Crippen LogP) is 4.72. The number of imidazole rings is 1. The third-order valence-electron chi connectivity index (χ3n) is 4.76.